The number of amides is 1. The van der Waals surface area contributed by atoms with Crippen LogP contribution in [0.1, 0.15) is 36.2 Å². The minimum atomic E-state index is 0.0133. The average Bonchev–Trinajstić information content (AvgIpc) is 3.32. The Morgan fingerprint density at radius 2 is 1.89 bits per heavy atom. The van der Waals surface area contributed by atoms with Gasteiger partial charge in [-0.3, -0.25) is 4.79 Å². The van der Waals surface area contributed by atoms with E-state index in [2.05, 4.69) is 48.7 Å². The molecular formula is C28H41N3O4. The van der Waals surface area contributed by atoms with E-state index >= 15 is 0 Å². The van der Waals surface area contributed by atoms with Gasteiger partial charge in [-0.05, 0) is 50.6 Å². The largest absolute Gasteiger partial charge is 0.493 e. The van der Waals surface area contributed by atoms with E-state index in [9.17, 15) is 4.79 Å². The summed E-state index contributed by atoms with van der Waals surface area (Å²) in [5, 5.41) is 7.22. The van der Waals surface area contributed by atoms with Crippen molar-refractivity contribution in [3.05, 3.63) is 59.7 Å². The van der Waals surface area contributed by atoms with E-state index in [1.807, 2.05) is 23.1 Å². The second kappa shape index (κ2) is 14.1. The molecule has 1 aliphatic heterocycles. The number of carbonyl (C=O) groups excluding carboxylic acids is 1. The minimum Gasteiger partial charge on any atom is -0.493 e. The molecule has 1 fully saturated rings. The molecule has 3 rings (SSSR count). The fourth-order valence-electron chi connectivity index (χ4n) is 4.46. The van der Waals surface area contributed by atoms with Crippen molar-refractivity contribution in [2.45, 2.75) is 38.8 Å². The van der Waals surface area contributed by atoms with Crippen LogP contribution in [0.5, 0.6) is 11.5 Å². The second-order valence-corrected chi connectivity index (χ2v) is 9.33. The molecule has 0 bridgehead atoms. The maximum Gasteiger partial charge on any atom is 0.254 e. The molecule has 2 aromatic rings. The van der Waals surface area contributed by atoms with Crippen molar-refractivity contribution in [2.24, 2.45) is 5.92 Å². The summed E-state index contributed by atoms with van der Waals surface area (Å²) < 4.78 is 16.4. The zero-order valence-electron chi connectivity index (χ0n) is 21.6. The highest BCUT2D eigenvalue weighted by Crippen LogP contribution is 2.29. The summed E-state index contributed by atoms with van der Waals surface area (Å²) >= 11 is 0. The molecule has 1 aliphatic rings. The van der Waals surface area contributed by atoms with Gasteiger partial charge in [0.05, 0.1) is 13.7 Å². The molecule has 0 aromatic heterocycles. The first-order valence-corrected chi connectivity index (χ1v) is 12.6. The molecular weight excluding hydrogens is 442 g/mol. The SMILES string of the molecule is COCCCOc1cc(C(=O)N(C[C@H]2CNC[C@@H]2NCCc2ccccc2)C(C)C)ccc1OC. The Bertz CT molecular complexity index is 906. The Kier molecular flexibility index (Phi) is 10.8. The van der Waals surface area contributed by atoms with Crippen molar-refractivity contribution in [3.8, 4) is 11.5 Å². The first kappa shape index (κ1) is 27.0. The fraction of sp³-hybridized carbons (Fsp3) is 0.536. The quantitative estimate of drug-likeness (QED) is 0.402. The van der Waals surface area contributed by atoms with Crippen molar-refractivity contribution in [1.29, 1.82) is 0 Å². The Morgan fingerprint density at radius 1 is 1.09 bits per heavy atom. The number of hydrogen-bond donors (Lipinski definition) is 2. The first-order valence-electron chi connectivity index (χ1n) is 12.6. The third-order valence-electron chi connectivity index (χ3n) is 6.48. The third kappa shape index (κ3) is 7.95. The molecule has 2 N–H and O–H groups in total. The highest BCUT2D eigenvalue weighted by atomic mass is 16.5. The summed E-state index contributed by atoms with van der Waals surface area (Å²) in [5.41, 5.74) is 1.95. The smallest absolute Gasteiger partial charge is 0.254 e. The summed E-state index contributed by atoms with van der Waals surface area (Å²) in [7, 11) is 3.28. The van der Waals surface area contributed by atoms with Gasteiger partial charge >= 0.3 is 0 Å². The van der Waals surface area contributed by atoms with Crippen LogP contribution in [0.2, 0.25) is 0 Å². The Hall–Kier alpha value is -2.61. The van der Waals surface area contributed by atoms with Crippen LogP contribution in [-0.4, -0.2) is 76.5 Å². The molecule has 1 saturated heterocycles. The first-order chi connectivity index (χ1) is 17.0. The number of nitrogens with one attached hydrogen (secondary N) is 2. The summed E-state index contributed by atoms with van der Waals surface area (Å²) in [6, 6.07) is 16.4. The summed E-state index contributed by atoms with van der Waals surface area (Å²) in [6.07, 6.45) is 1.76. The van der Waals surface area contributed by atoms with Crippen LogP contribution in [-0.2, 0) is 11.2 Å². The van der Waals surface area contributed by atoms with Gasteiger partial charge in [0.2, 0.25) is 0 Å². The molecule has 0 radical (unpaired) electrons. The maximum atomic E-state index is 13.6. The van der Waals surface area contributed by atoms with Crippen LogP contribution < -0.4 is 20.1 Å². The van der Waals surface area contributed by atoms with Gasteiger partial charge < -0.3 is 29.7 Å². The molecule has 0 spiro atoms. The van der Waals surface area contributed by atoms with Crippen LogP contribution in [0.4, 0.5) is 0 Å². The van der Waals surface area contributed by atoms with E-state index in [0.29, 0.717) is 48.8 Å². The van der Waals surface area contributed by atoms with E-state index in [0.717, 1.165) is 32.5 Å². The summed E-state index contributed by atoms with van der Waals surface area (Å²) in [4.78, 5) is 15.5. The lowest BCUT2D eigenvalue weighted by molar-refractivity contribution is 0.0668. The summed E-state index contributed by atoms with van der Waals surface area (Å²) in [6.45, 7) is 8.70. The predicted octanol–water partition coefficient (Wildman–Crippen LogP) is 3.38. The zero-order chi connectivity index (χ0) is 25.0. The van der Waals surface area contributed by atoms with Crippen LogP contribution in [0, 0.1) is 5.92 Å². The topological polar surface area (TPSA) is 72.1 Å². The van der Waals surface area contributed by atoms with Crippen LogP contribution >= 0.6 is 0 Å². The maximum absolute atomic E-state index is 13.6. The zero-order valence-corrected chi connectivity index (χ0v) is 21.6. The second-order valence-electron chi connectivity index (χ2n) is 9.33. The minimum absolute atomic E-state index is 0.0133. The standard InChI is InChI=1S/C28H41N3O4/c1-21(2)31(20-24-18-29-19-25(24)30-14-13-22-9-6-5-7-10-22)28(32)23-11-12-26(34-4)27(17-23)35-16-8-15-33-3/h5-7,9-12,17,21,24-25,29-30H,8,13-16,18-20H2,1-4H3/t24-,25+/m1/s1. The van der Waals surface area contributed by atoms with Crippen molar-refractivity contribution in [2.75, 3.05) is 53.6 Å². The van der Waals surface area contributed by atoms with Crippen LogP contribution in [0.3, 0.4) is 0 Å². The van der Waals surface area contributed by atoms with Gasteiger partial charge in [0.1, 0.15) is 0 Å². The van der Waals surface area contributed by atoms with Crippen molar-refractivity contribution < 1.29 is 19.0 Å². The number of methoxy groups -OCH3 is 2. The predicted molar refractivity (Wildman–Crippen MR) is 139 cm³/mol. The van der Waals surface area contributed by atoms with Crippen molar-refractivity contribution in [3.63, 3.8) is 0 Å². The van der Waals surface area contributed by atoms with Gasteiger partial charge in [-0.2, -0.15) is 0 Å². The number of nitrogens with zero attached hydrogens (tertiary/aromatic N) is 1. The van der Waals surface area contributed by atoms with E-state index < -0.39 is 0 Å². The monoisotopic (exact) mass is 483 g/mol. The van der Waals surface area contributed by atoms with Gasteiger partial charge in [0.15, 0.2) is 11.5 Å². The van der Waals surface area contributed by atoms with E-state index in [4.69, 9.17) is 14.2 Å². The number of rotatable bonds is 14. The van der Waals surface area contributed by atoms with E-state index in [1.165, 1.54) is 5.56 Å². The third-order valence-corrected chi connectivity index (χ3v) is 6.48. The molecule has 7 nitrogen and oxygen atoms in total. The molecule has 1 heterocycles. The van der Waals surface area contributed by atoms with Crippen LogP contribution in [0.15, 0.2) is 48.5 Å². The highest BCUT2D eigenvalue weighted by molar-refractivity contribution is 5.95. The molecule has 0 unspecified atom stereocenters. The summed E-state index contributed by atoms with van der Waals surface area (Å²) in [5.74, 6) is 1.57. The number of ether oxygens (including phenoxy) is 3. The van der Waals surface area contributed by atoms with Crippen LogP contribution in [0.25, 0.3) is 0 Å². The molecule has 0 aliphatic carbocycles. The van der Waals surface area contributed by atoms with Crippen molar-refractivity contribution in [1.82, 2.24) is 15.5 Å². The Labute approximate surface area is 210 Å². The molecule has 2 aromatic carbocycles. The number of carbonyl (C=O) groups is 1. The molecule has 1 amide bonds. The van der Waals surface area contributed by atoms with Gasteiger partial charge in [-0.1, -0.05) is 30.3 Å². The van der Waals surface area contributed by atoms with Gasteiger partial charge in [0, 0.05) is 63.3 Å². The normalized spacial score (nSPS) is 17.5. The number of benzene rings is 2. The molecule has 35 heavy (non-hydrogen) atoms. The average molecular weight is 484 g/mol. The van der Waals surface area contributed by atoms with E-state index in [-0.39, 0.29) is 11.9 Å². The lowest BCUT2D eigenvalue weighted by atomic mass is 10.0. The van der Waals surface area contributed by atoms with Gasteiger partial charge in [0.25, 0.3) is 5.91 Å². The lowest BCUT2D eigenvalue weighted by Gasteiger charge is -2.32. The van der Waals surface area contributed by atoms with E-state index in [1.54, 1.807) is 20.3 Å². The lowest BCUT2D eigenvalue weighted by Crippen LogP contribution is -2.46. The molecule has 7 heteroatoms. The molecule has 192 valence electrons. The van der Waals surface area contributed by atoms with Gasteiger partial charge in [-0.25, -0.2) is 0 Å². The Morgan fingerprint density at radius 3 is 2.60 bits per heavy atom. The van der Waals surface area contributed by atoms with Crippen molar-refractivity contribution >= 4 is 5.91 Å². The fourth-order valence-corrected chi connectivity index (χ4v) is 4.46. The number of hydrogen-bond acceptors (Lipinski definition) is 6. The highest BCUT2D eigenvalue weighted by Gasteiger charge is 2.31. The molecule has 2 atom stereocenters. The Balaban J connectivity index is 1.63. The van der Waals surface area contributed by atoms with Gasteiger partial charge in [-0.15, -0.1) is 0 Å². The molecule has 0 saturated carbocycles.